The van der Waals surface area contributed by atoms with Gasteiger partial charge in [-0.2, -0.15) is 4.98 Å². The van der Waals surface area contributed by atoms with E-state index in [0.717, 1.165) is 43.4 Å². The highest BCUT2D eigenvalue weighted by atomic mass is 16.5. The van der Waals surface area contributed by atoms with Crippen molar-refractivity contribution < 1.29 is 4.74 Å². The number of aryl methyl sites for hydroxylation is 1. The molecule has 1 fully saturated rings. The first kappa shape index (κ1) is 13.1. The number of hydrogen-bond acceptors (Lipinski definition) is 4. The van der Waals surface area contributed by atoms with Crippen molar-refractivity contribution in [1.82, 2.24) is 9.97 Å². The molecule has 0 aromatic carbocycles. The lowest BCUT2D eigenvalue weighted by atomic mass is 9.83. The van der Waals surface area contributed by atoms with Gasteiger partial charge in [0.15, 0.2) is 0 Å². The van der Waals surface area contributed by atoms with E-state index >= 15 is 0 Å². The average molecular weight is 249 g/mol. The molecule has 0 saturated heterocycles. The number of hydrogen-bond donors (Lipinski definition) is 1. The Morgan fingerprint density at radius 2 is 2.28 bits per heavy atom. The molecule has 1 aliphatic rings. The molecule has 4 heteroatoms. The summed E-state index contributed by atoms with van der Waals surface area (Å²) < 4.78 is 5.77. The molecule has 1 aliphatic carbocycles. The predicted octanol–water partition coefficient (Wildman–Crippen LogP) is 3.18. The Labute approximate surface area is 109 Å². The van der Waals surface area contributed by atoms with E-state index in [9.17, 15) is 0 Å². The van der Waals surface area contributed by atoms with E-state index in [0.29, 0.717) is 5.95 Å². The van der Waals surface area contributed by atoms with Gasteiger partial charge in [-0.05, 0) is 25.7 Å². The fourth-order valence-electron chi connectivity index (χ4n) is 2.00. The maximum atomic E-state index is 5.77. The van der Waals surface area contributed by atoms with Crippen molar-refractivity contribution in [2.24, 2.45) is 5.92 Å². The molecule has 0 atom stereocenters. The molecule has 0 radical (unpaired) electrons. The summed E-state index contributed by atoms with van der Waals surface area (Å²) >= 11 is 0. The third-order valence-corrected chi connectivity index (χ3v) is 3.45. The van der Waals surface area contributed by atoms with E-state index in [-0.39, 0.29) is 0 Å². The van der Waals surface area contributed by atoms with Crippen molar-refractivity contribution >= 4 is 5.95 Å². The number of ether oxygens (including phenoxy) is 1. The first-order chi connectivity index (χ1) is 8.79. The van der Waals surface area contributed by atoms with Crippen LogP contribution in [0.25, 0.3) is 0 Å². The van der Waals surface area contributed by atoms with Crippen LogP contribution in [0.2, 0.25) is 0 Å². The molecular formula is C14H23N3O. The minimum absolute atomic E-state index is 0.668. The van der Waals surface area contributed by atoms with Crippen LogP contribution < -0.4 is 10.1 Å². The molecule has 1 heterocycles. The van der Waals surface area contributed by atoms with Gasteiger partial charge in [0.1, 0.15) is 0 Å². The van der Waals surface area contributed by atoms with Gasteiger partial charge in [0, 0.05) is 18.3 Å². The zero-order valence-electron chi connectivity index (χ0n) is 11.4. The van der Waals surface area contributed by atoms with Crippen LogP contribution in [0.1, 0.15) is 44.6 Å². The zero-order chi connectivity index (χ0) is 12.8. The van der Waals surface area contributed by atoms with Crippen molar-refractivity contribution in [2.45, 2.75) is 46.0 Å². The summed E-state index contributed by atoms with van der Waals surface area (Å²) in [5.74, 6) is 2.27. The molecule has 1 saturated carbocycles. The topological polar surface area (TPSA) is 47.0 Å². The minimum atomic E-state index is 0.668. The highest BCUT2D eigenvalue weighted by Crippen LogP contribution is 2.29. The van der Waals surface area contributed by atoms with E-state index < -0.39 is 0 Å². The van der Waals surface area contributed by atoms with Crippen LogP contribution in [-0.2, 0) is 0 Å². The molecule has 0 amide bonds. The first-order valence-corrected chi connectivity index (χ1v) is 7.00. The van der Waals surface area contributed by atoms with Crippen molar-refractivity contribution in [3.8, 4) is 5.88 Å². The van der Waals surface area contributed by atoms with E-state index in [1.807, 2.05) is 13.1 Å². The summed E-state index contributed by atoms with van der Waals surface area (Å²) in [7, 11) is 0. The molecule has 4 nitrogen and oxygen atoms in total. The van der Waals surface area contributed by atoms with Gasteiger partial charge in [0.05, 0.1) is 6.61 Å². The van der Waals surface area contributed by atoms with Gasteiger partial charge in [0.2, 0.25) is 11.8 Å². The van der Waals surface area contributed by atoms with Crippen LogP contribution >= 0.6 is 0 Å². The van der Waals surface area contributed by atoms with Crippen LogP contribution in [-0.4, -0.2) is 23.1 Å². The molecule has 0 unspecified atom stereocenters. The van der Waals surface area contributed by atoms with E-state index in [2.05, 4.69) is 22.2 Å². The maximum absolute atomic E-state index is 5.77. The van der Waals surface area contributed by atoms with E-state index in [1.165, 1.54) is 19.3 Å². The lowest BCUT2D eigenvalue weighted by Gasteiger charge is -2.25. The van der Waals surface area contributed by atoms with Crippen molar-refractivity contribution in [1.29, 1.82) is 0 Å². The maximum Gasteiger partial charge on any atom is 0.225 e. The summed E-state index contributed by atoms with van der Waals surface area (Å²) in [6, 6.07) is 0. The molecule has 100 valence electrons. The quantitative estimate of drug-likeness (QED) is 0.806. The normalized spacial score (nSPS) is 15.2. The number of aromatic nitrogens is 2. The van der Waals surface area contributed by atoms with Gasteiger partial charge in [-0.25, -0.2) is 4.98 Å². The van der Waals surface area contributed by atoms with Gasteiger partial charge in [-0.1, -0.05) is 26.2 Å². The van der Waals surface area contributed by atoms with Gasteiger partial charge in [-0.15, -0.1) is 0 Å². The Morgan fingerprint density at radius 1 is 1.44 bits per heavy atom. The fraction of sp³-hybridized carbons (Fsp3) is 0.714. The standard InChI is InChI=1S/C14H23N3O/c1-3-8-15-14-16-10-11(2)13(17-14)18-9-7-12-5-4-6-12/h10,12H,3-9H2,1-2H3,(H,15,16,17). The van der Waals surface area contributed by atoms with Gasteiger partial charge >= 0.3 is 0 Å². The van der Waals surface area contributed by atoms with Crippen LogP contribution in [0.3, 0.4) is 0 Å². The Morgan fingerprint density at radius 3 is 2.94 bits per heavy atom. The molecule has 0 bridgehead atoms. The van der Waals surface area contributed by atoms with Crippen molar-refractivity contribution in [3.05, 3.63) is 11.8 Å². The van der Waals surface area contributed by atoms with Crippen LogP contribution in [0.4, 0.5) is 5.95 Å². The van der Waals surface area contributed by atoms with E-state index in [4.69, 9.17) is 4.74 Å². The molecule has 1 N–H and O–H groups in total. The summed E-state index contributed by atoms with van der Waals surface area (Å²) in [5.41, 5.74) is 1.01. The SMILES string of the molecule is CCCNc1ncc(C)c(OCCC2CCC2)n1. The summed E-state index contributed by atoms with van der Waals surface area (Å²) in [6.45, 7) is 5.78. The number of nitrogens with one attached hydrogen (secondary N) is 1. The first-order valence-electron chi connectivity index (χ1n) is 7.00. The third kappa shape index (κ3) is 3.59. The second-order valence-electron chi connectivity index (χ2n) is 5.04. The lowest BCUT2D eigenvalue weighted by molar-refractivity contribution is 0.216. The summed E-state index contributed by atoms with van der Waals surface area (Å²) in [6.07, 6.45) is 8.17. The Bertz CT molecular complexity index is 377. The molecule has 0 aliphatic heterocycles. The second-order valence-corrected chi connectivity index (χ2v) is 5.04. The third-order valence-electron chi connectivity index (χ3n) is 3.45. The van der Waals surface area contributed by atoms with Crippen LogP contribution in [0.15, 0.2) is 6.20 Å². The Kier molecular flexibility index (Phi) is 4.79. The largest absolute Gasteiger partial charge is 0.477 e. The molecule has 2 rings (SSSR count). The highest BCUT2D eigenvalue weighted by molar-refractivity contribution is 5.32. The van der Waals surface area contributed by atoms with E-state index in [1.54, 1.807) is 0 Å². The molecular weight excluding hydrogens is 226 g/mol. The Hall–Kier alpha value is -1.32. The predicted molar refractivity (Wildman–Crippen MR) is 73.0 cm³/mol. The second kappa shape index (κ2) is 6.57. The van der Waals surface area contributed by atoms with Crippen LogP contribution in [0.5, 0.6) is 5.88 Å². The average Bonchev–Trinajstić information content (AvgIpc) is 2.32. The minimum Gasteiger partial charge on any atom is -0.477 e. The smallest absolute Gasteiger partial charge is 0.225 e. The zero-order valence-corrected chi connectivity index (χ0v) is 11.4. The monoisotopic (exact) mass is 249 g/mol. The van der Waals surface area contributed by atoms with Gasteiger partial charge in [-0.3, -0.25) is 0 Å². The van der Waals surface area contributed by atoms with Crippen LogP contribution in [0, 0.1) is 12.8 Å². The molecule has 0 spiro atoms. The van der Waals surface area contributed by atoms with Gasteiger partial charge < -0.3 is 10.1 Å². The Balaban J connectivity index is 1.84. The lowest BCUT2D eigenvalue weighted by Crippen LogP contribution is -2.15. The number of anilines is 1. The van der Waals surface area contributed by atoms with Crippen molar-refractivity contribution in [3.63, 3.8) is 0 Å². The number of rotatable bonds is 7. The summed E-state index contributed by atoms with van der Waals surface area (Å²) in [4.78, 5) is 8.65. The van der Waals surface area contributed by atoms with Gasteiger partial charge in [0.25, 0.3) is 0 Å². The highest BCUT2D eigenvalue weighted by Gasteiger charge is 2.17. The molecule has 18 heavy (non-hydrogen) atoms. The van der Waals surface area contributed by atoms with Crippen molar-refractivity contribution in [2.75, 3.05) is 18.5 Å². The fourth-order valence-corrected chi connectivity index (χ4v) is 2.00. The molecule has 1 aromatic heterocycles. The molecule has 1 aromatic rings. The summed E-state index contributed by atoms with van der Waals surface area (Å²) in [5, 5.41) is 3.18. The number of nitrogens with zero attached hydrogens (tertiary/aromatic N) is 2.